The van der Waals surface area contributed by atoms with Crippen molar-refractivity contribution in [3.05, 3.63) is 0 Å². The quantitative estimate of drug-likeness (QED) is 0.316. The maximum Gasteiger partial charge on any atom is 0.308 e. The second kappa shape index (κ2) is 14.6. The maximum absolute atomic E-state index is 12.6. The molecule has 0 aromatic rings. The fourth-order valence-corrected chi connectivity index (χ4v) is 5.40. The number of aliphatic hydroxyl groups excluding tert-OH is 1. The number of aliphatic hydroxyl groups is 1. The van der Waals surface area contributed by atoms with Crippen LogP contribution in [0.3, 0.4) is 0 Å². The third-order valence-corrected chi connectivity index (χ3v) is 8.74. The lowest BCUT2D eigenvalue weighted by molar-refractivity contribution is -0.155. The Kier molecular flexibility index (Phi) is 12.5. The van der Waals surface area contributed by atoms with Crippen LogP contribution in [0.25, 0.3) is 0 Å². The minimum atomic E-state index is -0.205. The molecule has 1 unspecified atom stereocenters. The van der Waals surface area contributed by atoms with Crippen LogP contribution < -0.4 is 0 Å². The topological polar surface area (TPSA) is 76.1 Å². The lowest BCUT2D eigenvalue weighted by Crippen LogP contribution is -2.47. The van der Waals surface area contributed by atoms with Crippen LogP contribution in [0.2, 0.25) is 0 Å². The molecule has 2 rings (SSSR count). The van der Waals surface area contributed by atoms with E-state index in [4.69, 9.17) is 9.47 Å². The molecule has 0 radical (unpaired) electrons. The second-order valence-corrected chi connectivity index (χ2v) is 12.6. The first-order chi connectivity index (χ1) is 16.6. The minimum absolute atomic E-state index is 0.0187. The molecule has 2 saturated carbocycles. The van der Waals surface area contributed by atoms with E-state index in [1.807, 2.05) is 0 Å². The largest absolute Gasteiger partial charge is 0.465 e. The Bertz CT molecular complexity index is 635. The molecule has 0 aromatic heterocycles. The normalized spacial score (nSPS) is 19.5. The Hall–Kier alpha value is -1.14. The Morgan fingerprint density at radius 1 is 0.857 bits per heavy atom. The third-order valence-electron chi connectivity index (χ3n) is 8.74. The smallest absolute Gasteiger partial charge is 0.308 e. The van der Waals surface area contributed by atoms with Gasteiger partial charge in [0, 0.05) is 25.0 Å². The molecule has 0 aliphatic heterocycles. The third kappa shape index (κ3) is 10.0. The first kappa shape index (κ1) is 30.1. The molecule has 1 atom stereocenters. The monoisotopic (exact) mass is 495 g/mol. The van der Waals surface area contributed by atoms with Gasteiger partial charge in [-0.3, -0.25) is 9.59 Å². The van der Waals surface area contributed by atoms with E-state index in [-0.39, 0.29) is 41.2 Å². The van der Waals surface area contributed by atoms with Gasteiger partial charge in [0.2, 0.25) is 0 Å². The average molecular weight is 496 g/mol. The minimum Gasteiger partial charge on any atom is -0.465 e. The molecule has 2 fully saturated rings. The maximum atomic E-state index is 12.6. The van der Waals surface area contributed by atoms with E-state index in [1.165, 1.54) is 12.8 Å². The van der Waals surface area contributed by atoms with Gasteiger partial charge in [0.05, 0.1) is 31.7 Å². The van der Waals surface area contributed by atoms with Gasteiger partial charge in [-0.25, -0.2) is 0 Å². The second-order valence-electron chi connectivity index (χ2n) is 12.6. The zero-order valence-corrected chi connectivity index (χ0v) is 23.3. The fourth-order valence-electron chi connectivity index (χ4n) is 5.40. The van der Waals surface area contributed by atoms with Crippen molar-refractivity contribution in [2.75, 3.05) is 39.5 Å². The predicted molar refractivity (Wildman–Crippen MR) is 140 cm³/mol. The van der Waals surface area contributed by atoms with E-state index >= 15 is 0 Å². The summed E-state index contributed by atoms with van der Waals surface area (Å²) in [5, 5.41) is 9.68. The zero-order chi connectivity index (χ0) is 25.9. The van der Waals surface area contributed by atoms with Gasteiger partial charge in [0.15, 0.2) is 0 Å². The van der Waals surface area contributed by atoms with Gasteiger partial charge in [-0.05, 0) is 43.4 Å². The Labute approximate surface area is 214 Å². The molecule has 0 amide bonds. The van der Waals surface area contributed by atoms with Crippen molar-refractivity contribution < 1.29 is 24.2 Å². The van der Waals surface area contributed by atoms with Gasteiger partial charge in [0.25, 0.3) is 0 Å². The molecule has 2 aliphatic carbocycles. The number of carbonyl (C=O) groups excluding carboxylic acids is 2. The van der Waals surface area contributed by atoms with Crippen molar-refractivity contribution in [2.45, 2.75) is 105 Å². The number of ether oxygens (including phenoxy) is 2. The molecule has 0 saturated heterocycles. The SMILES string of the molecule is CC(CCOC(=O)C1CCCCC1)CN(CCO)CC(C)(C)C(C)(C)COC(=O)C1CCCCC1. The Balaban J connectivity index is 1.80. The van der Waals surface area contributed by atoms with Crippen molar-refractivity contribution in [1.82, 2.24) is 4.90 Å². The number of carbonyl (C=O) groups is 2. The van der Waals surface area contributed by atoms with Crippen LogP contribution >= 0.6 is 0 Å². The molecule has 0 aromatic carbocycles. The molecule has 1 N–H and O–H groups in total. The Morgan fingerprint density at radius 2 is 1.37 bits per heavy atom. The number of esters is 2. The number of rotatable bonds is 14. The van der Waals surface area contributed by atoms with E-state index in [0.717, 1.165) is 70.9 Å². The highest BCUT2D eigenvalue weighted by Crippen LogP contribution is 2.40. The van der Waals surface area contributed by atoms with Gasteiger partial charge >= 0.3 is 11.9 Å². The molecule has 2 aliphatic rings. The van der Waals surface area contributed by atoms with Crippen LogP contribution in [0, 0.1) is 28.6 Å². The lowest BCUT2D eigenvalue weighted by Gasteiger charge is -2.44. The van der Waals surface area contributed by atoms with Crippen LogP contribution in [0.15, 0.2) is 0 Å². The van der Waals surface area contributed by atoms with Gasteiger partial charge < -0.3 is 19.5 Å². The van der Waals surface area contributed by atoms with Crippen molar-refractivity contribution in [2.24, 2.45) is 28.6 Å². The van der Waals surface area contributed by atoms with Crippen molar-refractivity contribution >= 4 is 11.9 Å². The van der Waals surface area contributed by atoms with Crippen LogP contribution in [0.1, 0.15) is 105 Å². The van der Waals surface area contributed by atoms with E-state index in [1.54, 1.807) is 0 Å². The van der Waals surface area contributed by atoms with E-state index in [0.29, 0.717) is 25.7 Å². The van der Waals surface area contributed by atoms with E-state index in [2.05, 4.69) is 39.5 Å². The van der Waals surface area contributed by atoms with Crippen LogP contribution in [0.5, 0.6) is 0 Å². The predicted octanol–water partition coefficient (Wildman–Crippen LogP) is 5.61. The van der Waals surface area contributed by atoms with Crippen molar-refractivity contribution in [3.8, 4) is 0 Å². The number of hydrogen-bond donors (Lipinski definition) is 1. The molecule has 0 heterocycles. The van der Waals surface area contributed by atoms with Gasteiger partial charge in [-0.15, -0.1) is 0 Å². The van der Waals surface area contributed by atoms with Crippen molar-refractivity contribution in [1.29, 1.82) is 0 Å². The summed E-state index contributed by atoms with van der Waals surface area (Å²) in [6.45, 7) is 14.2. The molecule has 6 nitrogen and oxygen atoms in total. The molecule has 0 spiro atoms. The van der Waals surface area contributed by atoms with E-state index < -0.39 is 0 Å². The number of hydrogen-bond acceptors (Lipinski definition) is 6. The lowest BCUT2D eigenvalue weighted by atomic mass is 9.68. The molecular formula is C29H53NO5. The summed E-state index contributed by atoms with van der Waals surface area (Å²) in [5.74, 6) is 0.470. The van der Waals surface area contributed by atoms with Gasteiger partial charge in [0.1, 0.15) is 0 Å². The first-order valence-electron chi connectivity index (χ1n) is 14.2. The Morgan fingerprint density at radius 3 is 1.89 bits per heavy atom. The highest BCUT2D eigenvalue weighted by molar-refractivity contribution is 5.72. The summed E-state index contributed by atoms with van der Waals surface area (Å²) in [6.07, 6.45) is 11.7. The van der Waals surface area contributed by atoms with Crippen LogP contribution in [-0.4, -0.2) is 61.4 Å². The van der Waals surface area contributed by atoms with Crippen LogP contribution in [-0.2, 0) is 19.1 Å². The molecule has 6 heteroatoms. The zero-order valence-electron chi connectivity index (χ0n) is 23.3. The summed E-state index contributed by atoms with van der Waals surface area (Å²) < 4.78 is 11.4. The molecule has 35 heavy (non-hydrogen) atoms. The van der Waals surface area contributed by atoms with Gasteiger partial charge in [-0.1, -0.05) is 73.1 Å². The highest BCUT2D eigenvalue weighted by atomic mass is 16.5. The van der Waals surface area contributed by atoms with E-state index in [9.17, 15) is 14.7 Å². The number of nitrogens with zero attached hydrogens (tertiary/aromatic N) is 1. The van der Waals surface area contributed by atoms with Crippen molar-refractivity contribution in [3.63, 3.8) is 0 Å². The summed E-state index contributed by atoms with van der Waals surface area (Å²) in [4.78, 5) is 27.2. The first-order valence-corrected chi connectivity index (χ1v) is 14.2. The fraction of sp³-hybridized carbons (Fsp3) is 0.931. The molecular weight excluding hydrogens is 442 g/mol. The summed E-state index contributed by atoms with van der Waals surface area (Å²) in [7, 11) is 0. The average Bonchev–Trinajstić information content (AvgIpc) is 2.83. The standard InChI is InChI=1S/C29H53NO5/c1-23(16-19-34-26(32)24-12-8-6-9-13-24)20-30(17-18-31)21-28(2,3)29(4,5)22-35-27(33)25-14-10-7-11-15-25/h23-25,31H,6-22H2,1-5H3. The molecule has 204 valence electrons. The summed E-state index contributed by atoms with van der Waals surface area (Å²) in [6, 6.07) is 0. The highest BCUT2D eigenvalue weighted by Gasteiger charge is 2.40. The summed E-state index contributed by atoms with van der Waals surface area (Å²) in [5.41, 5.74) is -0.327. The van der Waals surface area contributed by atoms with Crippen LogP contribution in [0.4, 0.5) is 0 Å². The summed E-state index contributed by atoms with van der Waals surface area (Å²) >= 11 is 0. The van der Waals surface area contributed by atoms with Gasteiger partial charge in [-0.2, -0.15) is 0 Å². The molecule has 0 bridgehead atoms.